The van der Waals surface area contributed by atoms with E-state index in [0.29, 0.717) is 23.5 Å². The molecule has 0 bridgehead atoms. The van der Waals surface area contributed by atoms with E-state index in [0.717, 1.165) is 55.0 Å². The highest BCUT2D eigenvalue weighted by atomic mass is 16.2. The normalized spacial score (nSPS) is 11.5. The average molecular weight is 397 g/mol. The Kier molecular flexibility index (Phi) is 6.67. The van der Waals surface area contributed by atoms with Gasteiger partial charge in [-0.25, -0.2) is 4.98 Å². The largest absolute Gasteiger partial charge is 0.383 e. The van der Waals surface area contributed by atoms with Crippen molar-refractivity contribution in [1.29, 1.82) is 0 Å². The molecule has 0 spiro atoms. The zero-order chi connectivity index (χ0) is 21.0. The van der Waals surface area contributed by atoms with Gasteiger partial charge in [-0.05, 0) is 30.9 Å². The van der Waals surface area contributed by atoms with Crippen LogP contribution in [-0.4, -0.2) is 50.0 Å². The SMILES string of the molecule is CCCN(CCC)C(=O)c1c(NCC(C)C)c2cccnc2n2c(CC)nnc12. The van der Waals surface area contributed by atoms with E-state index in [1.807, 2.05) is 28.4 Å². The second-order valence-corrected chi connectivity index (χ2v) is 7.82. The van der Waals surface area contributed by atoms with Crippen LogP contribution < -0.4 is 5.32 Å². The number of hydrogen-bond donors (Lipinski definition) is 1. The molecule has 3 rings (SSSR count). The number of rotatable bonds is 9. The van der Waals surface area contributed by atoms with Crippen LogP contribution >= 0.6 is 0 Å². The molecule has 0 saturated carbocycles. The topological polar surface area (TPSA) is 75.4 Å². The van der Waals surface area contributed by atoms with Gasteiger partial charge in [0.1, 0.15) is 17.0 Å². The number of nitrogens with zero attached hydrogens (tertiary/aromatic N) is 5. The molecule has 0 aromatic carbocycles. The Balaban J connectivity index is 2.33. The fourth-order valence-electron chi connectivity index (χ4n) is 3.65. The van der Waals surface area contributed by atoms with Gasteiger partial charge in [0.25, 0.3) is 5.91 Å². The molecule has 0 unspecified atom stereocenters. The van der Waals surface area contributed by atoms with Crippen LogP contribution in [0.15, 0.2) is 18.3 Å². The number of aryl methyl sites for hydroxylation is 1. The van der Waals surface area contributed by atoms with Gasteiger partial charge in [-0.1, -0.05) is 34.6 Å². The van der Waals surface area contributed by atoms with Crippen molar-refractivity contribution >= 4 is 28.3 Å². The van der Waals surface area contributed by atoms with E-state index in [9.17, 15) is 4.79 Å². The minimum atomic E-state index is 0.00534. The summed E-state index contributed by atoms with van der Waals surface area (Å²) >= 11 is 0. The predicted octanol–water partition coefficient (Wildman–Crippen LogP) is 4.17. The van der Waals surface area contributed by atoms with Gasteiger partial charge >= 0.3 is 0 Å². The van der Waals surface area contributed by atoms with Crippen LogP contribution in [0.25, 0.3) is 16.7 Å². The summed E-state index contributed by atoms with van der Waals surface area (Å²) in [6, 6.07) is 3.93. The zero-order valence-corrected chi connectivity index (χ0v) is 18.2. The summed E-state index contributed by atoms with van der Waals surface area (Å²) in [5, 5.41) is 13.3. The number of carbonyl (C=O) groups excluding carboxylic acids is 1. The van der Waals surface area contributed by atoms with E-state index in [1.54, 1.807) is 6.20 Å². The molecule has 3 aromatic rings. The van der Waals surface area contributed by atoms with Crippen LogP contribution in [0, 0.1) is 5.92 Å². The van der Waals surface area contributed by atoms with Crippen LogP contribution in [0.1, 0.15) is 63.6 Å². The van der Waals surface area contributed by atoms with E-state index in [4.69, 9.17) is 0 Å². The number of fused-ring (bicyclic) bond motifs is 3. The quantitative estimate of drug-likeness (QED) is 0.587. The van der Waals surface area contributed by atoms with E-state index in [-0.39, 0.29) is 5.91 Å². The molecule has 0 fully saturated rings. The molecular formula is C22H32N6O. The maximum Gasteiger partial charge on any atom is 0.259 e. The zero-order valence-electron chi connectivity index (χ0n) is 18.2. The number of hydrogen-bond acceptors (Lipinski definition) is 5. The lowest BCUT2D eigenvalue weighted by Crippen LogP contribution is -2.33. The van der Waals surface area contributed by atoms with Crippen molar-refractivity contribution in [2.45, 2.75) is 53.9 Å². The van der Waals surface area contributed by atoms with Gasteiger partial charge in [0.15, 0.2) is 5.65 Å². The monoisotopic (exact) mass is 396 g/mol. The van der Waals surface area contributed by atoms with Crippen LogP contribution in [0.4, 0.5) is 5.69 Å². The van der Waals surface area contributed by atoms with Crippen molar-refractivity contribution in [1.82, 2.24) is 24.5 Å². The minimum absolute atomic E-state index is 0.00534. The molecule has 1 amide bonds. The maximum absolute atomic E-state index is 13.7. The summed E-state index contributed by atoms with van der Waals surface area (Å²) in [6.07, 6.45) is 4.32. The molecule has 1 N–H and O–H groups in total. The Morgan fingerprint density at radius 1 is 1.14 bits per heavy atom. The van der Waals surface area contributed by atoms with Crippen molar-refractivity contribution in [3.63, 3.8) is 0 Å². The smallest absolute Gasteiger partial charge is 0.259 e. The van der Waals surface area contributed by atoms with Gasteiger partial charge in [0.05, 0.1) is 5.69 Å². The lowest BCUT2D eigenvalue weighted by atomic mass is 10.1. The number of aromatic nitrogens is 4. The maximum atomic E-state index is 13.7. The third-order valence-corrected chi connectivity index (χ3v) is 4.96. The molecule has 0 aliphatic heterocycles. The summed E-state index contributed by atoms with van der Waals surface area (Å²) < 4.78 is 1.94. The first-order valence-corrected chi connectivity index (χ1v) is 10.7. The van der Waals surface area contributed by atoms with E-state index in [2.05, 4.69) is 48.2 Å². The Labute approximate surface area is 172 Å². The highest BCUT2D eigenvalue weighted by Gasteiger charge is 2.27. The molecule has 0 radical (unpaired) electrons. The summed E-state index contributed by atoms with van der Waals surface area (Å²) in [7, 11) is 0. The van der Waals surface area contributed by atoms with Crippen molar-refractivity contribution in [3.8, 4) is 0 Å². The molecule has 29 heavy (non-hydrogen) atoms. The highest BCUT2D eigenvalue weighted by Crippen LogP contribution is 2.32. The highest BCUT2D eigenvalue weighted by molar-refractivity contribution is 6.11. The number of nitrogens with one attached hydrogen (secondary N) is 1. The predicted molar refractivity (Wildman–Crippen MR) is 117 cm³/mol. The number of carbonyl (C=O) groups is 1. The third-order valence-electron chi connectivity index (χ3n) is 4.96. The summed E-state index contributed by atoms with van der Waals surface area (Å²) in [6.45, 7) is 12.7. The van der Waals surface area contributed by atoms with Crippen LogP contribution in [0.5, 0.6) is 0 Å². The van der Waals surface area contributed by atoms with Gasteiger partial charge in [-0.3, -0.25) is 9.20 Å². The number of anilines is 1. The molecule has 0 atom stereocenters. The van der Waals surface area contributed by atoms with Crippen molar-refractivity contribution < 1.29 is 4.79 Å². The Hall–Kier alpha value is -2.70. The van der Waals surface area contributed by atoms with Crippen LogP contribution in [0.3, 0.4) is 0 Å². The van der Waals surface area contributed by atoms with Gasteiger partial charge in [-0.15, -0.1) is 10.2 Å². The molecule has 0 aliphatic rings. The summed E-state index contributed by atoms with van der Waals surface area (Å²) in [5.41, 5.74) is 2.78. The lowest BCUT2D eigenvalue weighted by Gasteiger charge is -2.24. The standard InChI is InChI=1S/C22H32N6O/c1-6-12-27(13-7-2)22(29)18-19(24-14-15(4)5)16-10-9-11-23-20(16)28-17(8-3)25-26-21(18)28/h9-11,15,24H,6-8,12-14H2,1-5H3. The molecular weight excluding hydrogens is 364 g/mol. The lowest BCUT2D eigenvalue weighted by molar-refractivity contribution is 0.0758. The molecule has 0 saturated heterocycles. The van der Waals surface area contributed by atoms with Gasteiger partial charge in [0.2, 0.25) is 0 Å². The van der Waals surface area contributed by atoms with Crippen LogP contribution in [-0.2, 0) is 6.42 Å². The van der Waals surface area contributed by atoms with Crippen LogP contribution in [0.2, 0.25) is 0 Å². The number of pyridine rings is 2. The second-order valence-electron chi connectivity index (χ2n) is 7.82. The van der Waals surface area contributed by atoms with E-state index in [1.165, 1.54) is 0 Å². The van der Waals surface area contributed by atoms with Crippen molar-refractivity contribution in [2.24, 2.45) is 5.92 Å². The minimum Gasteiger partial charge on any atom is -0.383 e. The molecule has 3 aromatic heterocycles. The third kappa shape index (κ3) is 4.04. The Morgan fingerprint density at radius 2 is 1.86 bits per heavy atom. The molecule has 0 aliphatic carbocycles. The first kappa shape index (κ1) is 21.0. The van der Waals surface area contributed by atoms with E-state index >= 15 is 0 Å². The summed E-state index contributed by atoms with van der Waals surface area (Å²) in [5.74, 6) is 1.25. The van der Waals surface area contributed by atoms with Crippen molar-refractivity contribution in [3.05, 3.63) is 29.7 Å². The van der Waals surface area contributed by atoms with Gasteiger partial charge in [-0.2, -0.15) is 0 Å². The summed E-state index contributed by atoms with van der Waals surface area (Å²) in [4.78, 5) is 20.3. The fourth-order valence-corrected chi connectivity index (χ4v) is 3.65. The first-order chi connectivity index (χ1) is 14.0. The second kappa shape index (κ2) is 9.20. The van der Waals surface area contributed by atoms with Crippen molar-refractivity contribution in [2.75, 3.05) is 25.0 Å². The van der Waals surface area contributed by atoms with Gasteiger partial charge in [0, 0.05) is 37.6 Å². The molecule has 7 nitrogen and oxygen atoms in total. The Morgan fingerprint density at radius 3 is 2.48 bits per heavy atom. The van der Waals surface area contributed by atoms with E-state index < -0.39 is 0 Å². The molecule has 3 heterocycles. The number of amides is 1. The Bertz CT molecular complexity index is 988. The molecule has 7 heteroatoms. The first-order valence-electron chi connectivity index (χ1n) is 10.7. The molecule has 156 valence electrons. The van der Waals surface area contributed by atoms with Gasteiger partial charge < -0.3 is 10.2 Å². The fraction of sp³-hybridized carbons (Fsp3) is 0.545. The average Bonchev–Trinajstić information content (AvgIpc) is 3.15.